The Morgan fingerprint density at radius 2 is 1.50 bits per heavy atom. The lowest BCUT2D eigenvalue weighted by Crippen LogP contribution is -2.44. The van der Waals surface area contributed by atoms with Gasteiger partial charge >= 0.3 is 6.09 Å². The molecule has 2 aromatic heterocycles. The molecule has 52 heavy (non-hydrogen) atoms. The van der Waals surface area contributed by atoms with Gasteiger partial charge in [-0.05, 0) is 68.7 Å². The van der Waals surface area contributed by atoms with E-state index in [9.17, 15) is 4.79 Å². The topological polar surface area (TPSA) is 82.0 Å². The van der Waals surface area contributed by atoms with E-state index in [-0.39, 0.29) is 6.09 Å². The van der Waals surface area contributed by atoms with Crippen molar-refractivity contribution in [3.05, 3.63) is 114 Å². The Morgan fingerprint density at radius 3 is 2.15 bits per heavy atom. The van der Waals surface area contributed by atoms with Gasteiger partial charge in [-0.2, -0.15) is 10.1 Å². The molecule has 5 aromatic rings. The van der Waals surface area contributed by atoms with Gasteiger partial charge in [0.25, 0.3) is 0 Å². The molecule has 0 spiro atoms. The summed E-state index contributed by atoms with van der Waals surface area (Å²) in [6.45, 7) is 11.0. The number of amides is 1. The summed E-state index contributed by atoms with van der Waals surface area (Å²) in [7, 11) is 2.02. The number of aromatic nitrogens is 3. The van der Waals surface area contributed by atoms with E-state index < -0.39 is 5.60 Å². The zero-order valence-electron chi connectivity index (χ0n) is 30.8. The third kappa shape index (κ3) is 8.48. The first-order valence-electron chi connectivity index (χ1n) is 18.4. The minimum Gasteiger partial charge on any atom is -0.473 e. The highest BCUT2D eigenvalue weighted by Gasteiger charge is 2.28. The fourth-order valence-corrected chi connectivity index (χ4v) is 7.16. The van der Waals surface area contributed by atoms with Crippen molar-refractivity contribution in [2.45, 2.75) is 58.8 Å². The number of rotatable bonds is 10. The van der Waals surface area contributed by atoms with Crippen molar-refractivity contribution in [3.63, 3.8) is 0 Å². The average Bonchev–Trinajstić information content (AvgIpc) is 3.50. The van der Waals surface area contributed by atoms with Crippen LogP contribution in [-0.2, 0) is 25.0 Å². The van der Waals surface area contributed by atoms with Crippen molar-refractivity contribution in [2.24, 2.45) is 13.0 Å². The van der Waals surface area contributed by atoms with E-state index >= 15 is 0 Å². The van der Waals surface area contributed by atoms with Crippen LogP contribution in [-0.4, -0.2) is 69.0 Å². The van der Waals surface area contributed by atoms with Crippen LogP contribution in [0.2, 0.25) is 0 Å². The van der Waals surface area contributed by atoms with E-state index in [0.29, 0.717) is 30.9 Å². The lowest BCUT2D eigenvalue weighted by Gasteiger charge is -2.36. The zero-order valence-corrected chi connectivity index (χ0v) is 30.8. The maximum atomic E-state index is 12.5. The van der Waals surface area contributed by atoms with Crippen LogP contribution in [0.1, 0.15) is 56.7 Å². The summed E-state index contributed by atoms with van der Waals surface area (Å²) >= 11 is 0. The van der Waals surface area contributed by atoms with Gasteiger partial charge in [-0.3, -0.25) is 9.58 Å². The van der Waals surface area contributed by atoms with Crippen LogP contribution in [0, 0.1) is 5.92 Å². The van der Waals surface area contributed by atoms with Gasteiger partial charge in [0, 0.05) is 56.8 Å². The Balaban J connectivity index is 1.07. The lowest BCUT2D eigenvalue weighted by molar-refractivity contribution is 0.0171. The normalized spacial score (nSPS) is 15.8. The maximum absolute atomic E-state index is 12.5. The SMILES string of the molecule is Cn1nc(-c2ccc(OCc3ccccc3)nc2OCc2ccccc2)c2cccc(C3=CCN(CC4CCN(C(=O)OC(C)(C)C)CC4)CC3)c21. The minimum atomic E-state index is -0.464. The van der Waals surface area contributed by atoms with Crippen molar-refractivity contribution in [1.82, 2.24) is 24.6 Å². The van der Waals surface area contributed by atoms with Crippen LogP contribution in [0.4, 0.5) is 4.79 Å². The molecular weight excluding hydrogens is 651 g/mol. The first kappa shape index (κ1) is 35.3. The molecule has 4 heterocycles. The molecule has 0 aliphatic carbocycles. The highest BCUT2D eigenvalue weighted by atomic mass is 16.6. The number of likely N-dealkylation sites (tertiary alicyclic amines) is 1. The molecule has 1 saturated heterocycles. The molecule has 7 rings (SSSR count). The number of para-hydroxylation sites is 1. The third-order valence-electron chi connectivity index (χ3n) is 9.82. The highest BCUT2D eigenvalue weighted by molar-refractivity contribution is 6.00. The summed E-state index contributed by atoms with van der Waals surface area (Å²) in [5.74, 6) is 1.57. The molecule has 1 fully saturated rings. The molecular formula is C43H49N5O4. The lowest BCUT2D eigenvalue weighted by atomic mass is 9.93. The Labute approximate surface area is 306 Å². The molecule has 0 unspecified atom stereocenters. The molecule has 0 saturated carbocycles. The number of benzene rings is 3. The van der Waals surface area contributed by atoms with Crippen molar-refractivity contribution in [3.8, 4) is 23.0 Å². The summed E-state index contributed by atoms with van der Waals surface area (Å²) in [5.41, 5.74) is 6.99. The molecule has 0 radical (unpaired) electrons. The first-order chi connectivity index (χ1) is 25.2. The second kappa shape index (κ2) is 15.6. The van der Waals surface area contributed by atoms with Gasteiger partial charge in [-0.25, -0.2) is 4.79 Å². The standard InChI is InChI=1S/C43H49N5O4/c1-43(2,3)52-42(49)48-26-20-31(21-27-48)28-47-24-22-34(23-25-47)35-16-11-17-36-39(45-46(4)40(35)36)37-18-19-38(50-29-32-12-7-5-8-13-32)44-41(37)51-30-33-14-9-6-10-15-33/h5-19,22,31H,20-21,23-30H2,1-4H3. The van der Waals surface area contributed by atoms with Gasteiger partial charge in [-0.1, -0.05) is 84.9 Å². The number of aryl methyl sites for hydroxylation is 1. The minimum absolute atomic E-state index is 0.193. The molecule has 0 N–H and O–H groups in total. The number of pyridine rings is 1. The van der Waals surface area contributed by atoms with Crippen LogP contribution in [0.3, 0.4) is 0 Å². The Kier molecular flexibility index (Phi) is 10.6. The van der Waals surface area contributed by atoms with E-state index in [4.69, 9.17) is 24.3 Å². The van der Waals surface area contributed by atoms with E-state index in [1.165, 1.54) is 11.1 Å². The summed E-state index contributed by atoms with van der Waals surface area (Å²) < 4.78 is 20.1. The predicted octanol–water partition coefficient (Wildman–Crippen LogP) is 8.53. The number of fused-ring (bicyclic) bond motifs is 1. The number of ether oxygens (including phenoxy) is 3. The second-order valence-corrected chi connectivity index (χ2v) is 14.9. The highest BCUT2D eigenvalue weighted by Crippen LogP contribution is 2.38. The van der Waals surface area contributed by atoms with E-state index in [1.54, 1.807) is 0 Å². The number of hydrogen-bond acceptors (Lipinski definition) is 7. The van der Waals surface area contributed by atoms with Gasteiger partial charge in [-0.15, -0.1) is 0 Å². The molecule has 9 heteroatoms. The smallest absolute Gasteiger partial charge is 0.410 e. The fraction of sp³-hybridized carbons (Fsp3) is 0.372. The number of carbonyl (C=O) groups is 1. The third-order valence-corrected chi connectivity index (χ3v) is 9.82. The van der Waals surface area contributed by atoms with Crippen molar-refractivity contribution >= 4 is 22.6 Å². The summed E-state index contributed by atoms with van der Waals surface area (Å²) in [4.78, 5) is 21.8. The molecule has 270 valence electrons. The predicted molar refractivity (Wildman–Crippen MR) is 205 cm³/mol. The zero-order chi connectivity index (χ0) is 36.1. The summed E-state index contributed by atoms with van der Waals surface area (Å²) in [5, 5.41) is 6.13. The average molecular weight is 700 g/mol. The Bertz CT molecular complexity index is 2010. The van der Waals surface area contributed by atoms with E-state index in [1.807, 2.05) is 110 Å². The quantitative estimate of drug-likeness (QED) is 0.145. The number of piperidine rings is 1. The monoisotopic (exact) mass is 699 g/mol. The number of nitrogens with zero attached hydrogens (tertiary/aromatic N) is 5. The molecule has 2 aliphatic heterocycles. The van der Waals surface area contributed by atoms with Crippen LogP contribution in [0.25, 0.3) is 27.7 Å². The van der Waals surface area contributed by atoms with Crippen molar-refractivity contribution in [2.75, 3.05) is 32.7 Å². The molecule has 3 aromatic carbocycles. The summed E-state index contributed by atoms with van der Waals surface area (Å²) in [6, 6.07) is 30.6. The first-order valence-corrected chi connectivity index (χ1v) is 18.4. The van der Waals surface area contributed by atoms with Crippen LogP contribution < -0.4 is 9.47 Å². The van der Waals surface area contributed by atoms with Gasteiger partial charge < -0.3 is 19.1 Å². The van der Waals surface area contributed by atoms with Crippen molar-refractivity contribution in [1.29, 1.82) is 0 Å². The maximum Gasteiger partial charge on any atom is 0.410 e. The van der Waals surface area contributed by atoms with Crippen LogP contribution in [0.5, 0.6) is 11.8 Å². The number of carbonyl (C=O) groups excluding carboxylic acids is 1. The van der Waals surface area contributed by atoms with Crippen LogP contribution >= 0.6 is 0 Å². The Hall–Kier alpha value is -5.15. The van der Waals surface area contributed by atoms with Gasteiger partial charge in [0.2, 0.25) is 11.8 Å². The molecule has 9 nitrogen and oxygen atoms in total. The molecule has 1 amide bonds. The van der Waals surface area contributed by atoms with E-state index in [0.717, 1.165) is 85.3 Å². The second-order valence-electron chi connectivity index (χ2n) is 14.9. The molecule has 0 bridgehead atoms. The van der Waals surface area contributed by atoms with Gasteiger partial charge in [0.1, 0.15) is 24.5 Å². The summed E-state index contributed by atoms with van der Waals surface area (Å²) in [6.07, 6.45) is 5.18. The fourth-order valence-electron chi connectivity index (χ4n) is 7.16. The molecule has 2 aliphatic rings. The van der Waals surface area contributed by atoms with Crippen molar-refractivity contribution < 1.29 is 19.0 Å². The van der Waals surface area contributed by atoms with Crippen LogP contribution in [0.15, 0.2) is 97.1 Å². The van der Waals surface area contributed by atoms with Gasteiger partial charge in [0.05, 0.1) is 11.1 Å². The van der Waals surface area contributed by atoms with Gasteiger partial charge in [0.15, 0.2) is 0 Å². The molecule has 0 atom stereocenters. The number of hydrogen-bond donors (Lipinski definition) is 0. The largest absolute Gasteiger partial charge is 0.473 e. The Morgan fingerprint density at radius 1 is 0.808 bits per heavy atom. The van der Waals surface area contributed by atoms with E-state index in [2.05, 4.69) is 29.2 Å².